The van der Waals surface area contributed by atoms with Gasteiger partial charge < -0.3 is 14.9 Å². The number of carbonyl (C=O) groups excluding carboxylic acids is 1. The van der Waals surface area contributed by atoms with E-state index >= 15 is 0 Å². The van der Waals surface area contributed by atoms with Crippen LogP contribution in [0.5, 0.6) is 0 Å². The maximum atomic E-state index is 13.0. The van der Waals surface area contributed by atoms with Crippen LogP contribution in [0, 0.1) is 5.82 Å². The van der Waals surface area contributed by atoms with E-state index in [1.165, 1.54) is 24.3 Å². The van der Waals surface area contributed by atoms with Crippen molar-refractivity contribution in [2.75, 3.05) is 31.1 Å². The average Bonchev–Trinajstić information content (AvgIpc) is 2.61. The minimum absolute atomic E-state index is 0.381. The van der Waals surface area contributed by atoms with Crippen LogP contribution in [-0.2, 0) is 4.79 Å². The number of carbonyl (C=O) groups is 1. The summed E-state index contributed by atoms with van der Waals surface area (Å²) in [4.78, 5) is 16.1. The van der Waals surface area contributed by atoms with Crippen LogP contribution in [0.15, 0.2) is 42.5 Å². The molecule has 7 heteroatoms. The molecule has 0 aliphatic carbocycles. The highest BCUT2D eigenvalue weighted by Gasteiger charge is 2.27. The van der Waals surface area contributed by atoms with Gasteiger partial charge in [-0.2, -0.15) is 0 Å². The summed E-state index contributed by atoms with van der Waals surface area (Å²) >= 11 is 12.1. The zero-order chi connectivity index (χ0) is 18.0. The SMILES string of the molecule is O=C(C(O)c1ccc(F)cc1)N1CCN(c2ccc(Cl)cc2Cl)CC1. The number of halogens is 3. The molecule has 0 saturated carbocycles. The fourth-order valence-electron chi connectivity index (χ4n) is 2.87. The van der Waals surface area contributed by atoms with E-state index in [-0.39, 0.29) is 5.91 Å². The lowest BCUT2D eigenvalue weighted by Gasteiger charge is -2.37. The Labute approximate surface area is 155 Å². The standard InChI is InChI=1S/C18H17Cl2FN2O2/c19-13-3-6-16(15(20)11-13)22-7-9-23(10-8-22)18(25)17(24)12-1-4-14(21)5-2-12/h1-6,11,17,24H,7-10H2. The fourth-order valence-corrected chi connectivity index (χ4v) is 3.39. The van der Waals surface area contributed by atoms with E-state index < -0.39 is 11.9 Å². The first kappa shape index (κ1) is 18.0. The summed E-state index contributed by atoms with van der Waals surface area (Å²) in [5, 5.41) is 11.4. The highest BCUT2D eigenvalue weighted by Crippen LogP contribution is 2.29. The van der Waals surface area contributed by atoms with Crippen LogP contribution >= 0.6 is 23.2 Å². The second kappa shape index (κ2) is 7.60. The fraction of sp³-hybridized carbons (Fsp3) is 0.278. The molecule has 1 fully saturated rings. The number of amides is 1. The molecule has 1 heterocycles. The first-order valence-corrected chi connectivity index (χ1v) is 8.63. The quantitative estimate of drug-likeness (QED) is 0.882. The maximum Gasteiger partial charge on any atom is 0.256 e. The second-order valence-corrected chi connectivity index (χ2v) is 6.71. The number of anilines is 1. The Balaban J connectivity index is 1.63. The van der Waals surface area contributed by atoms with Crippen molar-refractivity contribution in [3.8, 4) is 0 Å². The van der Waals surface area contributed by atoms with Crippen LogP contribution in [0.1, 0.15) is 11.7 Å². The summed E-state index contributed by atoms with van der Waals surface area (Å²) in [5.41, 5.74) is 1.26. The van der Waals surface area contributed by atoms with E-state index in [1.807, 2.05) is 6.07 Å². The van der Waals surface area contributed by atoms with Crippen molar-refractivity contribution >= 4 is 34.8 Å². The maximum absolute atomic E-state index is 13.0. The molecular weight excluding hydrogens is 366 g/mol. The predicted octanol–water partition coefficient (Wildman–Crippen LogP) is 3.51. The van der Waals surface area contributed by atoms with Crippen LogP contribution in [-0.4, -0.2) is 42.1 Å². The third-order valence-corrected chi connectivity index (χ3v) is 4.80. The number of hydrogen-bond donors (Lipinski definition) is 1. The van der Waals surface area contributed by atoms with E-state index in [1.54, 1.807) is 17.0 Å². The van der Waals surface area contributed by atoms with Gasteiger partial charge in [0.2, 0.25) is 0 Å². The Kier molecular flexibility index (Phi) is 5.47. The monoisotopic (exact) mass is 382 g/mol. The van der Waals surface area contributed by atoms with Gasteiger partial charge in [-0.3, -0.25) is 4.79 Å². The Morgan fingerprint density at radius 3 is 2.28 bits per heavy atom. The molecule has 0 spiro atoms. The van der Waals surface area contributed by atoms with Crippen molar-refractivity contribution in [2.24, 2.45) is 0 Å². The number of hydrogen-bond acceptors (Lipinski definition) is 3. The van der Waals surface area contributed by atoms with Gasteiger partial charge >= 0.3 is 0 Å². The topological polar surface area (TPSA) is 43.8 Å². The molecule has 1 amide bonds. The molecule has 1 unspecified atom stereocenters. The molecule has 0 radical (unpaired) electrons. The van der Waals surface area contributed by atoms with Gasteiger partial charge in [-0.25, -0.2) is 4.39 Å². The van der Waals surface area contributed by atoms with Gasteiger partial charge in [0, 0.05) is 31.2 Å². The van der Waals surface area contributed by atoms with Crippen LogP contribution < -0.4 is 4.90 Å². The Hall–Kier alpha value is -1.82. The third-order valence-electron chi connectivity index (χ3n) is 4.26. The lowest BCUT2D eigenvalue weighted by Crippen LogP contribution is -2.50. The Morgan fingerprint density at radius 2 is 1.68 bits per heavy atom. The number of aliphatic hydroxyl groups is 1. The van der Waals surface area contributed by atoms with Crippen LogP contribution in [0.2, 0.25) is 10.0 Å². The lowest BCUT2D eigenvalue weighted by molar-refractivity contribution is -0.140. The molecule has 132 valence electrons. The largest absolute Gasteiger partial charge is 0.378 e. The number of nitrogens with zero attached hydrogens (tertiary/aromatic N) is 2. The Bertz CT molecular complexity index is 762. The second-order valence-electron chi connectivity index (χ2n) is 5.86. The first-order valence-electron chi connectivity index (χ1n) is 7.88. The number of benzene rings is 2. The van der Waals surface area contributed by atoms with Crippen molar-refractivity contribution in [3.05, 3.63) is 63.9 Å². The first-order chi connectivity index (χ1) is 12.0. The predicted molar refractivity (Wildman–Crippen MR) is 96.6 cm³/mol. The van der Waals surface area contributed by atoms with E-state index in [2.05, 4.69) is 4.90 Å². The molecule has 1 atom stereocenters. The van der Waals surface area contributed by atoms with Crippen molar-refractivity contribution < 1.29 is 14.3 Å². The summed E-state index contributed by atoms with van der Waals surface area (Å²) in [5.74, 6) is -0.787. The zero-order valence-electron chi connectivity index (χ0n) is 13.3. The summed E-state index contributed by atoms with van der Waals surface area (Å²) in [6.45, 7) is 2.14. The highest BCUT2D eigenvalue weighted by atomic mass is 35.5. The van der Waals surface area contributed by atoms with Gasteiger partial charge in [0.1, 0.15) is 5.82 Å². The van der Waals surface area contributed by atoms with E-state index in [9.17, 15) is 14.3 Å². The minimum Gasteiger partial charge on any atom is -0.378 e. The van der Waals surface area contributed by atoms with Gasteiger partial charge in [-0.1, -0.05) is 35.3 Å². The molecule has 0 aromatic heterocycles. The van der Waals surface area contributed by atoms with E-state index in [0.717, 1.165) is 5.69 Å². The summed E-state index contributed by atoms with van der Waals surface area (Å²) < 4.78 is 13.0. The number of rotatable bonds is 3. The molecule has 1 saturated heterocycles. The molecule has 2 aromatic rings. The van der Waals surface area contributed by atoms with Crippen molar-refractivity contribution in [1.82, 2.24) is 4.90 Å². The van der Waals surface area contributed by atoms with Crippen LogP contribution in [0.4, 0.5) is 10.1 Å². The zero-order valence-corrected chi connectivity index (χ0v) is 14.8. The minimum atomic E-state index is -1.29. The highest BCUT2D eigenvalue weighted by molar-refractivity contribution is 6.36. The van der Waals surface area contributed by atoms with Crippen LogP contribution in [0.3, 0.4) is 0 Å². The summed E-state index contributed by atoms with van der Waals surface area (Å²) in [6, 6.07) is 10.6. The molecular formula is C18H17Cl2FN2O2. The van der Waals surface area contributed by atoms with E-state index in [0.29, 0.717) is 41.8 Å². The van der Waals surface area contributed by atoms with Crippen molar-refractivity contribution in [2.45, 2.75) is 6.10 Å². The van der Waals surface area contributed by atoms with Crippen LogP contribution in [0.25, 0.3) is 0 Å². The molecule has 4 nitrogen and oxygen atoms in total. The molecule has 1 aliphatic heterocycles. The van der Waals surface area contributed by atoms with Crippen molar-refractivity contribution in [1.29, 1.82) is 0 Å². The average molecular weight is 383 g/mol. The lowest BCUT2D eigenvalue weighted by atomic mass is 10.1. The molecule has 1 aliphatic rings. The molecule has 0 bridgehead atoms. The molecule has 25 heavy (non-hydrogen) atoms. The molecule has 1 N–H and O–H groups in total. The van der Waals surface area contributed by atoms with Gasteiger partial charge in [-0.05, 0) is 35.9 Å². The summed E-state index contributed by atoms with van der Waals surface area (Å²) in [7, 11) is 0. The molecule has 3 rings (SSSR count). The van der Waals surface area contributed by atoms with Gasteiger partial charge in [0.15, 0.2) is 6.10 Å². The van der Waals surface area contributed by atoms with E-state index in [4.69, 9.17) is 23.2 Å². The van der Waals surface area contributed by atoms with Gasteiger partial charge in [-0.15, -0.1) is 0 Å². The van der Waals surface area contributed by atoms with Crippen molar-refractivity contribution in [3.63, 3.8) is 0 Å². The normalized spacial score (nSPS) is 16.0. The third kappa shape index (κ3) is 4.06. The summed E-state index contributed by atoms with van der Waals surface area (Å²) in [6.07, 6.45) is -1.29. The van der Waals surface area contributed by atoms with Gasteiger partial charge in [0.05, 0.1) is 10.7 Å². The molecule has 2 aromatic carbocycles. The number of piperazine rings is 1. The van der Waals surface area contributed by atoms with Gasteiger partial charge in [0.25, 0.3) is 5.91 Å². The number of aliphatic hydroxyl groups excluding tert-OH is 1. The Morgan fingerprint density at radius 1 is 1.04 bits per heavy atom. The smallest absolute Gasteiger partial charge is 0.256 e.